The Balaban J connectivity index is 1.64. The zero-order chi connectivity index (χ0) is 35.2. The highest BCUT2D eigenvalue weighted by atomic mass is 79.9. The van der Waals surface area contributed by atoms with Crippen molar-refractivity contribution in [1.29, 1.82) is 0 Å². The highest BCUT2D eigenvalue weighted by Gasteiger charge is 2.34. The average molecular weight is 791 g/mol. The molecule has 0 saturated carbocycles. The predicted molar refractivity (Wildman–Crippen MR) is 190 cm³/mol. The summed E-state index contributed by atoms with van der Waals surface area (Å²) in [5, 5.41) is 1.05. The maximum absolute atomic E-state index is 14.3. The third-order valence-electron chi connectivity index (χ3n) is 7.29. The lowest BCUT2D eigenvalue weighted by Crippen LogP contribution is -2.40. The van der Waals surface area contributed by atoms with Crippen molar-refractivity contribution in [3.05, 3.63) is 117 Å². The molecule has 0 bridgehead atoms. The molecule has 2 heterocycles. The van der Waals surface area contributed by atoms with Crippen molar-refractivity contribution < 1.29 is 33.3 Å². The molecular formula is C35H31BrCl2N2O8S. The molecule has 1 aromatic heterocycles. The number of benzene rings is 3. The number of hydrogen-bond acceptors (Lipinski definition) is 10. The van der Waals surface area contributed by atoms with E-state index in [-0.39, 0.29) is 32.0 Å². The normalized spacial score (nSPS) is 14.2. The molecule has 10 nitrogen and oxygen atoms in total. The summed E-state index contributed by atoms with van der Waals surface area (Å²) in [6, 6.07) is 14.8. The van der Waals surface area contributed by atoms with Crippen LogP contribution in [0.1, 0.15) is 43.5 Å². The number of carbonyl (C=O) groups is 2. The lowest BCUT2D eigenvalue weighted by molar-refractivity contribution is -0.143. The second-order valence-corrected chi connectivity index (χ2v) is 13.3. The molecular weight excluding hydrogens is 759 g/mol. The Kier molecular flexibility index (Phi) is 11.9. The summed E-state index contributed by atoms with van der Waals surface area (Å²) >= 11 is 17.2. The maximum atomic E-state index is 14.3. The van der Waals surface area contributed by atoms with Gasteiger partial charge in [-0.25, -0.2) is 14.6 Å². The molecule has 14 heteroatoms. The Morgan fingerprint density at radius 3 is 2.43 bits per heavy atom. The molecule has 256 valence electrons. The molecule has 3 aromatic carbocycles. The van der Waals surface area contributed by atoms with Gasteiger partial charge in [-0.15, -0.1) is 0 Å². The molecule has 0 amide bonds. The molecule has 0 spiro atoms. The highest BCUT2D eigenvalue weighted by Crippen LogP contribution is 2.37. The van der Waals surface area contributed by atoms with Gasteiger partial charge < -0.3 is 23.7 Å². The number of allylic oxidation sites excluding steroid dienone is 1. The standard InChI is InChI=1S/C35H31BrCl2N2O8S/c1-5-45-27-14-21(9-12-26(27)47-18-29(41)44-4)31-30(34(43)46-6-2)19(3)39-35-40(31)33(42)28(49-35)15-22-13-24(38)16-25(36)32(22)48-17-20-7-10-23(37)11-8-20/h7-16,31H,5-6,17-18H2,1-4H3/b28-15+/t31-/m0/s1. The minimum atomic E-state index is -0.918. The van der Waals surface area contributed by atoms with Gasteiger partial charge >= 0.3 is 11.9 Å². The molecule has 5 rings (SSSR count). The Morgan fingerprint density at radius 1 is 0.980 bits per heavy atom. The number of halogens is 3. The fourth-order valence-corrected chi connectivity index (χ4v) is 7.21. The Morgan fingerprint density at radius 2 is 1.73 bits per heavy atom. The van der Waals surface area contributed by atoms with Gasteiger partial charge in [0.05, 0.1) is 46.6 Å². The van der Waals surface area contributed by atoms with E-state index in [1.54, 1.807) is 69.3 Å². The van der Waals surface area contributed by atoms with Gasteiger partial charge in [0.25, 0.3) is 5.56 Å². The lowest BCUT2D eigenvalue weighted by atomic mass is 9.95. The number of fused-ring (bicyclic) bond motifs is 1. The number of aromatic nitrogens is 1. The van der Waals surface area contributed by atoms with Crippen LogP contribution in [0, 0.1) is 0 Å². The van der Waals surface area contributed by atoms with Crippen molar-refractivity contribution in [3.63, 3.8) is 0 Å². The third-order valence-corrected chi connectivity index (χ3v) is 9.34. The number of nitrogens with zero attached hydrogens (tertiary/aromatic N) is 2. The molecule has 1 aliphatic heterocycles. The monoisotopic (exact) mass is 788 g/mol. The lowest BCUT2D eigenvalue weighted by Gasteiger charge is -2.25. The molecule has 0 aliphatic carbocycles. The van der Waals surface area contributed by atoms with Gasteiger partial charge in [0.1, 0.15) is 12.4 Å². The summed E-state index contributed by atoms with van der Waals surface area (Å²) in [5.41, 5.74) is 2.19. The van der Waals surface area contributed by atoms with Gasteiger partial charge in [-0.05, 0) is 90.3 Å². The van der Waals surface area contributed by atoms with Crippen LogP contribution in [0.2, 0.25) is 10.0 Å². The van der Waals surface area contributed by atoms with E-state index in [1.165, 1.54) is 11.7 Å². The molecule has 0 radical (unpaired) electrons. The third kappa shape index (κ3) is 8.21. The van der Waals surface area contributed by atoms with Gasteiger partial charge in [0, 0.05) is 15.6 Å². The first-order chi connectivity index (χ1) is 23.5. The largest absolute Gasteiger partial charge is 0.490 e. The van der Waals surface area contributed by atoms with Crippen LogP contribution in [0.25, 0.3) is 6.08 Å². The van der Waals surface area contributed by atoms with E-state index in [0.29, 0.717) is 57.9 Å². The molecule has 0 unspecified atom stereocenters. The molecule has 1 aliphatic rings. The Hall–Kier alpha value is -4.10. The number of methoxy groups -OCH3 is 1. The van der Waals surface area contributed by atoms with E-state index in [2.05, 4.69) is 25.7 Å². The topological polar surface area (TPSA) is 115 Å². The SMILES string of the molecule is CCOC(=O)C1=C(C)N=c2s/c(=C/c3cc(Cl)cc(Br)c3OCc3ccc(Cl)cc3)c(=O)n2[C@H]1c1ccc(OCC(=O)OC)c(OCC)c1. The summed E-state index contributed by atoms with van der Waals surface area (Å²) in [4.78, 5) is 44.5. The molecule has 0 saturated heterocycles. The van der Waals surface area contributed by atoms with Crippen molar-refractivity contribution in [2.45, 2.75) is 33.4 Å². The minimum Gasteiger partial charge on any atom is -0.490 e. The van der Waals surface area contributed by atoms with Crippen LogP contribution in [-0.2, 0) is 25.7 Å². The second kappa shape index (κ2) is 16.1. The van der Waals surface area contributed by atoms with Crippen molar-refractivity contribution in [2.75, 3.05) is 26.9 Å². The van der Waals surface area contributed by atoms with E-state index < -0.39 is 23.5 Å². The molecule has 0 fully saturated rings. The number of thiazole rings is 1. The van der Waals surface area contributed by atoms with Gasteiger partial charge in [-0.3, -0.25) is 9.36 Å². The van der Waals surface area contributed by atoms with Crippen LogP contribution in [-0.4, -0.2) is 43.4 Å². The Labute approximate surface area is 304 Å². The quantitative estimate of drug-likeness (QED) is 0.152. The van der Waals surface area contributed by atoms with E-state index in [4.69, 9.17) is 42.1 Å². The van der Waals surface area contributed by atoms with E-state index in [9.17, 15) is 14.4 Å². The number of carbonyl (C=O) groups excluding carboxylic acids is 2. The van der Waals surface area contributed by atoms with Crippen LogP contribution in [0.3, 0.4) is 0 Å². The van der Waals surface area contributed by atoms with Crippen LogP contribution >= 0.6 is 50.5 Å². The fourth-order valence-electron chi connectivity index (χ4n) is 5.10. The Bertz CT molecular complexity index is 2110. The summed E-state index contributed by atoms with van der Waals surface area (Å²) in [7, 11) is 1.26. The van der Waals surface area contributed by atoms with Crippen molar-refractivity contribution >= 4 is 68.5 Å². The van der Waals surface area contributed by atoms with E-state index in [1.807, 2.05) is 12.1 Å². The smallest absolute Gasteiger partial charge is 0.343 e. The second-order valence-electron chi connectivity index (χ2n) is 10.5. The summed E-state index contributed by atoms with van der Waals surface area (Å²) < 4.78 is 30.2. The van der Waals surface area contributed by atoms with Gasteiger partial charge in [0.15, 0.2) is 22.9 Å². The molecule has 4 aromatic rings. The maximum Gasteiger partial charge on any atom is 0.343 e. The average Bonchev–Trinajstić information content (AvgIpc) is 3.37. The minimum absolute atomic E-state index is 0.125. The van der Waals surface area contributed by atoms with Gasteiger partial charge in [0.2, 0.25) is 0 Å². The number of rotatable bonds is 12. The zero-order valence-electron chi connectivity index (χ0n) is 26.9. The van der Waals surface area contributed by atoms with Crippen molar-refractivity contribution in [1.82, 2.24) is 4.57 Å². The number of esters is 2. The molecule has 1 atom stereocenters. The van der Waals surface area contributed by atoms with Crippen LogP contribution in [0.5, 0.6) is 17.2 Å². The van der Waals surface area contributed by atoms with Crippen LogP contribution in [0.15, 0.2) is 80.1 Å². The van der Waals surface area contributed by atoms with Crippen LogP contribution in [0.4, 0.5) is 0 Å². The molecule has 0 N–H and O–H groups in total. The fraction of sp³-hybridized carbons (Fsp3) is 0.257. The van der Waals surface area contributed by atoms with Gasteiger partial charge in [-0.2, -0.15) is 0 Å². The first-order valence-corrected chi connectivity index (χ1v) is 17.4. The number of ether oxygens (including phenoxy) is 5. The van der Waals surface area contributed by atoms with E-state index in [0.717, 1.165) is 16.9 Å². The van der Waals surface area contributed by atoms with Crippen molar-refractivity contribution in [2.24, 2.45) is 4.99 Å². The highest BCUT2D eigenvalue weighted by molar-refractivity contribution is 9.10. The first-order valence-electron chi connectivity index (χ1n) is 15.1. The molecule has 49 heavy (non-hydrogen) atoms. The first kappa shape index (κ1) is 36.2. The zero-order valence-corrected chi connectivity index (χ0v) is 30.8. The van der Waals surface area contributed by atoms with E-state index >= 15 is 0 Å². The van der Waals surface area contributed by atoms with Crippen LogP contribution < -0.4 is 29.1 Å². The summed E-state index contributed by atoms with van der Waals surface area (Å²) in [6.45, 7) is 5.53. The van der Waals surface area contributed by atoms with Gasteiger partial charge in [-0.1, -0.05) is 52.7 Å². The summed E-state index contributed by atoms with van der Waals surface area (Å²) in [5.74, 6) is -0.0839. The predicted octanol–water partition coefficient (Wildman–Crippen LogP) is 6.40. The summed E-state index contributed by atoms with van der Waals surface area (Å²) in [6.07, 6.45) is 1.69. The number of hydrogen-bond donors (Lipinski definition) is 0. The van der Waals surface area contributed by atoms with Crippen molar-refractivity contribution in [3.8, 4) is 17.2 Å².